The number of aliphatic hydroxyl groups is 5. The fourth-order valence-electron chi connectivity index (χ4n) is 2.95. The van der Waals surface area contributed by atoms with Gasteiger partial charge in [0.15, 0.2) is 0 Å². The molecule has 37 heavy (non-hydrogen) atoms. The standard InChI is InChI=1S/C20H32O4.C7H17NO5/c1-2-3-13-16-19(24-23)17-14-11-9-7-5-4-6-8-10-12-15-18-20(21)22;1-8-2-4(10)6(12)7(13)5(11)3-9/h4-5,8-11,14,17,19,23H,2-3,6-7,12-13,15-16,18H2,1H3,(H,21,22);4-13H,2-3H2,1H3/b5-4+,10-8+,11-9+,17-14+;/t;4-,5+,6+,7+/m.0/s1. The van der Waals surface area contributed by atoms with Gasteiger partial charge in [0.05, 0.1) is 12.7 Å². The maximum absolute atomic E-state index is 10.3. The van der Waals surface area contributed by atoms with E-state index in [-0.39, 0.29) is 19.1 Å². The van der Waals surface area contributed by atoms with E-state index in [2.05, 4.69) is 35.4 Å². The van der Waals surface area contributed by atoms with Crippen LogP contribution in [-0.2, 0) is 9.68 Å². The molecule has 0 fully saturated rings. The number of hydrogen-bond acceptors (Lipinski definition) is 9. The van der Waals surface area contributed by atoms with Crippen LogP contribution < -0.4 is 5.32 Å². The molecular formula is C27H49NO9. The Bertz CT molecular complexity index is 637. The zero-order valence-electron chi connectivity index (χ0n) is 22.2. The number of likely N-dealkylation sites (N-methyl/N-ethyl adjacent to an activating group) is 1. The molecule has 0 saturated carbocycles. The Hall–Kier alpha value is -1.89. The molecule has 0 bridgehead atoms. The molecule has 10 heteroatoms. The van der Waals surface area contributed by atoms with E-state index in [1.54, 1.807) is 7.05 Å². The molecular weight excluding hydrogens is 482 g/mol. The van der Waals surface area contributed by atoms with E-state index in [1.807, 2.05) is 30.4 Å². The van der Waals surface area contributed by atoms with E-state index in [1.165, 1.54) is 0 Å². The van der Waals surface area contributed by atoms with Gasteiger partial charge in [-0.05, 0) is 39.2 Å². The van der Waals surface area contributed by atoms with Gasteiger partial charge in [-0.3, -0.25) is 10.1 Å². The van der Waals surface area contributed by atoms with Crippen molar-refractivity contribution in [2.45, 2.75) is 95.2 Å². The molecule has 0 spiro atoms. The Morgan fingerprint density at radius 2 is 1.51 bits per heavy atom. The van der Waals surface area contributed by atoms with Crippen molar-refractivity contribution in [3.8, 4) is 0 Å². The van der Waals surface area contributed by atoms with Gasteiger partial charge in [-0.2, -0.15) is 0 Å². The summed E-state index contributed by atoms with van der Waals surface area (Å²) in [5.74, 6) is -0.734. The first-order valence-electron chi connectivity index (χ1n) is 12.9. The second kappa shape index (κ2) is 27.2. The predicted molar refractivity (Wildman–Crippen MR) is 144 cm³/mol. The molecule has 1 unspecified atom stereocenters. The van der Waals surface area contributed by atoms with Gasteiger partial charge in [0.2, 0.25) is 0 Å². The summed E-state index contributed by atoms with van der Waals surface area (Å²) < 4.78 is 0. The second-order valence-corrected chi connectivity index (χ2v) is 8.51. The van der Waals surface area contributed by atoms with Crippen LogP contribution in [0.15, 0.2) is 48.6 Å². The average molecular weight is 532 g/mol. The van der Waals surface area contributed by atoms with Crippen LogP contribution >= 0.6 is 0 Å². The van der Waals surface area contributed by atoms with Crippen molar-refractivity contribution in [1.82, 2.24) is 5.32 Å². The number of rotatable bonds is 21. The van der Waals surface area contributed by atoms with Gasteiger partial charge in [-0.1, -0.05) is 74.8 Å². The monoisotopic (exact) mass is 531 g/mol. The third kappa shape index (κ3) is 24.2. The highest BCUT2D eigenvalue weighted by Crippen LogP contribution is 2.07. The van der Waals surface area contributed by atoms with E-state index < -0.39 is 37.0 Å². The second-order valence-electron chi connectivity index (χ2n) is 8.51. The van der Waals surface area contributed by atoms with Gasteiger partial charge in [-0.15, -0.1) is 0 Å². The summed E-state index contributed by atoms with van der Waals surface area (Å²) in [5.41, 5.74) is 0. The fourth-order valence-corrected chi connectivity index (χ4v) is 2.95. The number of hydrogen-bond donors (Lipinski definition) is 8. The first-order valence-corrected chi connectivity index (χ1v) is 12.9. The third-order valence-corrected chi connectivity index (χ3v) is 5.18. The molecule has 0 aliphatic carbocycles. The van der Waals surface area contributed by atoms with Crippen molar-refractivity contribution < 1.29 is 45.6 Å². The Morgan fingerprint density at radius 1 is 0.892 bits per heavy atom. The Balaban J connectivity index is 0. The lowest BCUT2D eigenvalue weighted by molar-refractivity contribution is -0.267. The SMILES string of the molecule is CCCCCC(/C=C/C=C/C/C=C/C/C=C/CCCC(=O)O)OO.CNC[C@H](O)[C@@H](O)[C@H](O)[C@H](O)CO. The minimum Gasteiger partial charge on any atom is -0.481 e. The zero-order chi connectivity index (χ0) is 28.3. The molecule has 10 nitrogen and oxygen atoms in total. The van der Waals surface area contributed by atoms with Crippen LogP contribution in [0.5, 0.6) is 0 Å². The number of aliphatic hydroxyl groups excluding tert-OH is 5. The Kier molecular flexibility index (Phi) is 27.3. The molecule has 216 valence electrons. The number of carbonyl (C=O) groups is 1. The number of allylic oxidation sites excluding steroid dienone is 7. The van der Waals surface area contributed by atoms with Crippen molar-refractivity contribution in [2.75, 3.05) is 20.2 Å². The van der Waals surface area contributed by atoms with E-state index in [0.717, 1.165) is 44.9 Å². The van der Waals surface area contributed by atoms with E-state index in [0.29, 0.717) is 6.42 Å². The number of nitrogens with one attached hydrogen (secondary N) is 1. The third-order valence-electron chi connectivity index (χ3n) is 5.18. The summed E-state index contributed by atoms with van der Waals surface area (Å²) in [6, 6.07) is 0. The summed E-state index contributed by atoms with van der Waals surface area (Å²) in [5, 5.41) is 64.8. The van der Waals surface area contributed by atoms with Crippen molar-refractivity contribution in [3.05, 3.63) is 48.6 Å². The molecule has 0 aromatic carbocycles. The number of carboxylic acids is 1. The van der Waals surface area contributed by atoms with Crippen molar-refractivity contribution in [2.24, 2.45) is 0 Å². The molecule has 0 aromatic heterocycles. The maximum Gasteiger partial charge on any atom is 0.303 e. The molecule has 0 radical (unpaired) electrons. The Labute approximate surface area is 221 Å². The summed E-state index contributed by atoms with van der Waals surface area (Å²) in [4.78, 5) is 14.8. The van der Waals surface area contributed by atoms with Crippen LogP contribution in [0.2, 0.25) is 0 Å². The molecule has 0 rings (SSSR count). The van der Waals surface area contributed by atoms with Gasteiger partial charge >= 0.3 is 5.97 Å². The normalized spacial score (nSPS) is 16.2. The molecule has 8 N–H and O–H groups in total. The van der Waals surface area contributed by atoms with Gasteiger partial charge in [-0.25, -0.2) is 4.89 Å². The molecule has 0 amide bonds. The predicted octanol–water partition coefficient (Wildman–Crippen LogP) is 2.33. The van der Waals surface area contributed by atoms with Gasteiger partial charge in [0.25, 0.3) is 0 Å². The van der Waals surface area contributed by atoms with Gasteiger partial charge in [0.1, 0.15) is 24.4 Å². The van der Waals surface area contributed by atoms with E-state index in [4.69, 9.17) is 30.8 Å². The highest BCUT2D eigenvalue weighted by atomic mass is 17.1. The summed E-state index contributed by atoms with van der Waals surface area (Å²) >= 11 is 0. The van der Waals surface area contributed by atoms with Crippen molar-refractivity contribution in [3.63, 3.8) is 0 Å². The number of aliphatic carboxylic acids is 1. The lowest BCUT2D eigenvalue weighted by Gasteiger charge is -2.25. The highest BCUT2D eigenvalue weighted by molar-refractivity contribution is 5.66. The zero-order valence-corrected chi connectivity index (χ0v) is 22.2. The number of unbranched alkanes of at least 4 members (excludes halogenated alkanes) is 3. The minimum atomic E-state index is -1.55. The molecule has 0 aromatic rings. The average Bonchev–Trinajstić information content (AvgIpc) is 2.89. The molecule has 0 saturated heterocycles. The van der Waals surface area contributed by atoms with Crippen LogP contribution in [0.1, 0.15) is 64.7 Å². The largest absolute Gasteiger partial charge is 0.481 e. The van der Waals surface area contributed by atoms with Crippen molar-refractivity contribution >= 4 is 5.97 Å². The van der Waals surface area contributed by atoms with E-state index >= 15 is 0 Å². The quantitative estimate of drug-likeness (QED) is 0.0360. The van der Waals surface area contributed by atoms with Gasteiger partial charge in [0, 0.05) is 13.0 Å². The number of carboxylic acid groups (broad SMARTS) is 1. The minimum absolute atomic E-state index is 0.0936. The maximum atomic E-state index is 10.3. The smallest absolute Gasteiger partial charge is 0.303 e. The summed E-state index contributed by atoms with van der Waals surface area (Å²) in [6.07, 6.45) is 17.9. The van der Waals surface area contributed by atoms with E-state index in [9.17, 15) is 9.90 Å². The molecule has 0 heterocycles. The first kappa shape index (κ1) is 37.3. The molecule has 0 aliphatic heterocycles. The summed E-state index contributed by atoms with van der Waals surface area (Å²) in [7, 11) is 1.57. The molecule has 0 aliphatic rings. The Morgan fingerprint density at radius 3 is 2.08 bits per heavy atom. The lowest BCUT2D eigenvalue weighted by Crippen LogP contribution is -2.48. The fraction of sp³-hybridized carbons (Fsp3) is 0.667. The van der Waals surface area contributed by atoms with Gasteiger partial charge < -0.3 is 36.0 Å². The van der Waals surface area contributed by atoms with Crippen LogP contribution in [0.25, 0.3) is 0 Å². The topological polar surface area (TPSA) is 180 Å². The highest BCUT2D eigenvalue weighted by Gasteiger charge is 2.29. The lowest BCUT2D eigenvalue weighted by atomic mass is 10.0. The summed E-state index contributed by atoms with van der Waals surface area (Å²) in [6.45, 7) is 1.58. The van der Waals surface area contributed by atoms with Crippen LogP contribution in [0.3, 0.4) is 0 Å². The molecule has 5 atom stereocenters. The van der Waals surface area contributed by atoms with Crippen molar-refractivity contribution in [1.29, 1.82) is 0 Å². The van der Waals surface area contributed by atoms with Crippen LogP contribution in [-0.4, -0.2) is 92.6 Å². The first-order chi connectivity index (χ1) is 17.7. The van der Waals surface area contributed by atoms with Crippen LogP contribution in [0.4, 0.5) is 0 Å². The van der Waals surface area contributed by atoms with Crippen LogP contribution in [0, 0.1) is 0 Å².